The number of halogens is 1. The molecule has 3 rings (SSSR count). The lowest BCUT2D eigenvalue weighted by molar-refractivity contribution is 0.0936. The van der Waals surface area contributed by atoms with E-state index in [9.17, 15) is 0 Å². The first kappa shape index (κ1) is 25.1. The van der Waals surface area contributed by atoms with Gasteiger partial charge in [-0.3, -0.25) is 0 Å². The van der Waals surface area contributed by atoms with E-state index in [4.69, 9.17) is 19.2 Å². The van der Waals surface area contributed by atoms with Gasteiger partial charge in [-0.2, -0.15) is 0 Å². The second kappa shape index (κ2) is 13.3. The lowest BCUT2D eigenvalue weighted by Crippen LogP contribution is -2.45. The van der Waals surface area contributed by atoms with E-state index in [1.807, 2.05) is 63.5 Å². The van der Waals surface area contributed by atoms with Crippen LogP contribution in [-0.2, 0) is 6.54 Å². The number of rotatable bonds is 9. The van der Waals surface area contributed by atoms with E-state index in [1.165, 1.54) is 0 Å². The average molecular weight is 540 g/mol. The van der Waals surface area contributed by atoms with Crippen LogP contribution in [0.2, 0.25) is 0 Å². The Morgan fingerprint density at radius 3 is 2.71 bits per heavy atom. The summed E-state index contributed by atoms with van der Waals surface area (Å²) in [7, 11) is 4.07. The molecule has 1 heterocycles. The maximum Gasteiger partial charge on any atom is 0.191 e. The van der Waals surface area contributed by atoms with Crippen LogP contribution >= 0.6 is 24.0 Å². The normalized spacial score (nSPS) is 15.2. The number of nitrogens with one attached hydrogen (secondary N) is 2. The fraction of sp³-hybridized carbons (Fsp3) is 0.435. The van der Waals surface area contributed by atoms with Crippen LogP contribution in [0.25, 0.3) is 0 Å². The standard InChI is InChI=1S/C23H32N4O3.HI/c1-4-24-23(26-16-20-17-29-21-10-5-6-11-22(21)30-20)25-15-18-8-7-9-19(14-18)28-13-12-27(2)3;/h5-11,14,20H,4,12-13,15-17H2,1-3H3,(H2,24,25,26);1H. The Labute approximate surface area is 202 Å². The van der Waals surface area contributed by atoms with Gasteiger partial charge in [-0.1, -0.05) is 24.3 Å². The first-order chi connectivity index (χ1) is 14.6. The second-order valence-electron chi connectivity index (χ2n) is 7.37. The van der Waals surface area contributed by atoms with E-state index < -0.39 is 0 Å². The number of benzene rings is 2. The Morgan fingerprint density at radius 2 is 1.94 bits per heavy atom. The van der Waals surface area contributed by atoms with E-state index in [-0.39, 0.29) is 30.1 Å². The van der Waals surface area contributed by atoms with Crippen molar-refractivity contribution in [1.82, 2.24) is 15.5 Å². The summed E-state index contributed by atoms with van der Waals surface area (Å²) >= 11 is 0. The van der Waals surface area contributed by atoms with Crippen molar-refractivity contribution >= 4 is 29.9 Å². The number of likely N-dealkylation sites (N-methyl/N-ethyl adjacent to an activating group) is 1. The van der Waals surface area contributed by atoms with E-state index >= 15 is 0 Å². The fourth-order valence-corrected chi connectivity index (χ4v) is 2.97. The first-order valence-electron chi connectivity index (χ1n) is 10.4. The molecule has 0 aliphatic carbocycles. The summed E-state index contributed by atoms with van der Waals surface area (Å²) in [6.45, 7) is 6.05. The quantitative estimate of drug-likeness (QED) is 0.290. The van der Waals surface area contributed by atoms with E-state index in [1.54, 1.807) is 0 Å². The molecule has 2 aromatic rings. The van der Waals surface area contributed by atoms with E-state index in [2.05, 4.69) is 21.6 Å². The monoisotopic (exact) mass is 540 g/mol. The highest BCUT2D eigenvalue weighted by Crippen LogP contribution is 2.30. The van der Waals surface area contributed by atoms with Crippen LogP contribution in [0, 0.1) is 0 Å². The van der Waals surface area contributed by atoms with E-state index in [0.29, 0.717) is 26.3 Å². The third-order valence-corrected chi connectivity index (χ3v) is 4.53. The Kier molecular flexibility index (Phi) is 10.7. The highest BCUT2D eigenvalue weighted by molar-refractivity contribution is 14.0. The van der Waals surface area contributed by atoms with Crippen LogP contribution in [0.1, 0.15) is 12.5 Å². The van der Waals surface area contributed by atoms with Gasteiger partial charge in [0.2, 0.25) is 0 Å². The van der Waals surface area contributed by atoms with Crippen LogP contribution in [0.15, 0.2) is 53.5 Å². The lowest BCUT2D eigenvalue weighted by Gasteiger charge is -2.27. The van der Waals surface area contributed by atoms with Crippen molar-refractivity contribution in [1.29, 1.82) is 0 Å². The highest BCUT2D eigenvalue weighted by atomic mass is 127. The van der Waals surface area contributed by atoms with E-state index in [0.717, 1.165) is 41.9 Å². The smallest absolute Gasteiger partial charge is 0.191 e. The van der Waals surface area contributed by atoms with Crippen LogP contribution in [0.5, 0.6) is 17.2 Å². The summed E-state index contributed by atoms with van der Waals surface area (Å²) in [4.78, 5) is 6.80. The molecule has 0 amide bonds. The van der Waals surface area contributed by atoms with Crippen molar-refractivity contribution in [3.8, 4) is 17.2 Å². The molecule has 0 aromatic heterocycles. The number of guanidine groups is 1. The molecule has 8 heteroatoms. The molecule has 1 unspecified atom stereocenters. The molecule has 0 saturated heterocycles. The predicted octanol–water partition coefficient (Wildman–Crippen LogP) is 3.14. The van der Waals surface area contributed by atoms with Gasteiger partial charge in [0.1, 0.15) is 25.1 Å². The minimum absolute atomic E-state index is 0. The van der Waals surface area contributed by atoms with Gasteiger partial charge in [-0.25, -0.2) is 4.99 Å². The van der Waals surface area contributed by atoms with Gasteiger partial charge in [-0.15, -0.1) is 24.0 Å². The topological polar surface area (TPSA) is 67.4 Å². The molecule has 0 saturated carbocycles. The summed E-state index contributed by atoms with van der Waals surface area (Å²) in [6.07, 6.45) is -0.0721. The molecular formula is C23H33IN4O3. The zero-order valence-electron chi connectivity index (χ0n) is 18.5. The fourth-order valence-electron chi connectivity index (χ4n) is 2.97. The summed E-state index contributed by atoms with van der Waals surface area (Å²) in [5, 5.41) is 6.63. The number of hydrogen-bond acceptors (Lipinski definition) is 5. The SMILES string of the molecule is CCNC(=NCc1cccc(OCCN(C)C)c1)NCC1COc2ccccc2O1.I. The van der Waals surface area contributed by atoms with Gasteiger partial charge < -0.3 is 29.7 Å². The molecule has 1 aliphatic heterocycles. The van der Waals surface area contributed by atoms with Crippen molar-refractivity contribution in [2.75, 3.05) is 46.9 Å². The Balaban J connectivity index is 0.00000341. The Morgan fingerprint density at radius 1 is 1.13 bits per heavy atom. The zero-order valence-corrected chi connectivity index (χ0v) is 20.8. The summed E-state index contributed by atoms with van der Waals surface area (Å²) in [5.41, 5.74) is 1.10. The maximum absolute atomic E-state index is 6.00. The molecule has 0 spiro atoms. The summed E-state index contributed by atoms with van der Waals surface area (Å²) < 4.78 is 17.6. The Hall–Kier alpha value is -2.20. The van der Waals surface area contributed by atoms with Gasteiger partial charge in [0, 0.05) is 13.1 Å². The van der Waals surface area contributed by atoms with Crippen molar-refractivity contribution < 1.29 is 14.2 Å². The molecule has 31 heavy (non-hydrogen) atoms. The summed E-state index contributed by atoms with van der Waals surface area (Å²) in [6, 6.07) is 15.8. The maximum atomic E-state index is 6.00. The van der Waals surface area contributed by atoms with Crippen molar-refractivity contribution in [2.24, 2.45) is 4.99 Å². The Bertz CT molecular complexity index is 832. The number of hydrogen-bond donors (Lipinski definition) is 2. The molecule has 0 radical (unpaired) electrons. The molecule has 1 atom stereocenters. The predicted molar refractivity (Wildman–Crippen MR) is 135 cm³/mol. The zero-order chi connectivity index (χ0) is 21.2. The third-order valence-electron chi connectivity index (χ3n) is 4.53. The second-order valence-corrected chi connectivity index (χ2v) is 7.37. The molecule has 1 aliphatic rings. The number of fused-ring (bicyclic) bond motifs is 1. The molecule has 0 bridgehead atoms. The summed E-state index contributed by atoms with van der Waals surface area (Å²) in [5.74, 6) is 3.19. The molecule has 2 aromatic carbocycles. The number of ether oxygens (including phenoxy) is 3. The van der Waals surface area contributed by atoms with Gasteiger partial charge in [0.05, 0.1) is 13.1 Å². The van der Waals surface area contributed by atoms with Crippen molar-refractivity contribution in [3.05, 3.63) is 54.1 Å². The molecular weight excluding hydrogens is 507 g/mol. The average Bonchev–Trinajstić information content (AvgIpc) is 2.75. The van der Waals surface area contributed by atoms with Crippen LogP contribution in [0.3, 0.4) is 0 Å². The minimum Gasteiger partial charge on any atom is -0.492 e. The minimum atomic E-state index is -0.0721. The molecule has 7 nitrogen and oxygen atoms in total. The van der Waals surface area contributed by atoms with Gasteiger partial charge in [0.15, 0.2) is 17.5 Å². The molecule has 2 N–H and O–H groups in total. The van der Waals surface area contributed by atoms with Crippen LogP contribution in [-0.4, -0.2) is 63.9 Å². The largest absolute Gasteiger partial charge is 0.492 e. The van der Waals surface area contributed by atoms with Gasteiger partial charge in [-0.05, 0) is 50.8 Å². The number of para-hydroxylation sites is 2. The highest BCUT2D eigenvalue weighted by Gasteiger charge is 2.20. The number of aliphatic imine (C=N–C) groups is 1. The van der Waals surface area contributed by atoms with Gasteiger partial charge in [0.25, 0.3) is 0 Å². The number of nitrogens with zero attached hydrogens (tertiary/aromatic N) is 2. The lowest BCUT2D eigenvalue weighted by atomic mass is 10.2. The molecule has 0 fully saturated rings. The van der Waals surface area contributed by atoms with Crippen molar-refractivity contribution in [2.45, 2.75) is 19.6 Å². The molecule has 170 valence electrons. The van der Waals surface area contributed by atoms with Gasteiger partial charge >= 0.3 is 0 Å². The van der Waals surface area contributed by atoms with Crippen LogP contribution in [0.4, 0.5) is 0 Å². The third kappa shape index (κ3) is 8.45. The first-order valence-corrected chi connectivity index (χ1v) is 10.4. The van der Waals surface area contributed by atoms with Crippen LogP contribution < -0.4 is 24.8 Å². The van der Waals surface area contributed by atoms with Crippen molar-refractivity contribution in [3.63, 3.8) is 0 Å².